The van der Waals surface area contributed by atoms with E-state index in [9.17, 15) is 14.0 Å². The van der Waals surface area contributed by atoms with Gasteiger partial charge in [0.05, 0.1) is 11.0 Å². The molecule has 2 fully saturated rings. The first kappa shape index (κ1) is 24.4. The van der Waals surface area contributed by atoms with E-state index < -0.39 is 5.91 Å². The lowest BCUT2D eigenvalue weighted by molar-refractivity contribution is -0.125. The van der Waals surface area contributed by atoms with Crippen molar-refractivity contribution in [2.75, 3.05) is 20.1 Å². The number of hydrogen-bond donors (Lipinski definition) is 2. The van der Waals surface area contributed by atoms with Crippen molar-refractivity contribution in [3.05, 3.63) is 65.0 Å². The number of imidazole rings is 1. The summed E-state index contributed by atoms with van der Waals surface area (Å²) in [7, 11) is 1.69. The fraction of sp³-hybridized carbons (Fsp3) is 0.464. The standard InChI is InChI=1S/C28H34FN5O2/c1-30-26(35)20-8-12-23(13-9-20)34-25-17-19(18-33-15-3-2-4-16-33)5-14-24(25)31-28(34)32-27(36)21-6-10-22(29)11-7-21/h5-7,10-11,14,17,20,23H,2-4,8-9,12-13,15-16,18H2,1H3,(H,30,35)(H,31,32,36)/t20-,23+. The molecule has 1 aliphatic heterocycles. The van der Waals surface area contributed by atoms with Crippen molar-refractivity contribution in [3.63, 3.8) is 0 Å². The molecule has 190 valence electrons. The number of piperidine rings is 1. The van der Waals surface area contributed by atoms with Crippen LogP contribution < -0.4 is 10.9 Å². The van der Waals surface area contributed by atoms with Gasteiger partial charge in [-0.2, -0.15) is 4.99 Å². The van der Waals surface area contributed by atoms with Crippen LogP contribution in [0.1, 0.15) is 66.9 Å². The minimum atomic E-state index is -0.414. The number of nitrogens with one attached hydrogen (secondary N) is 2. The normalized spacial score (nSPS) is 21.6. The van der Waals surface area contributed by atoms with Crippen LogP contribution in [0.25, 0.3) is 11.0 Å². The van der Waals surface area contributed by atoms with E-state index in [1.54, 1.807) is 7.05 Å². The highest BCUT2D eigenvalue weighted by Crippen LogP contribution is 2.33. The summed E-state index contributed by atoms with van der Waals surface area (Å²) >= 11 is 0. The summed E-state index contributed by atoms with van der Waals surface area (Å²) in [6.07, 6.45) is 7.05. The molecule has 1 saturated carbocycles. The van der Waals surface area contributed by atoms with E-state index in [0.29, 0.717) is 11.2 Å². The zero-order chi connectivity index (χ0) is 25.1. The molecule has 2 heterocycles. The number of H-pyrrole nitrogens is 1. The number of aromatic nitrogens is 2. The van der Waals surface area contributed by atoms with E-state index >= 15 is 0 Å². The van der Waals surface area contributed by atoms with Crippen molar-refractivity contribution in [1.82, 2.24) is 19.8 Å². The van der Waals surface area contributed by atoms with Crippen LogP contribution in [0.5, 0.6) is 0 Å². The third-order valence-corrected chi connectivity index (χ3v) is 7.63. The summed E-state index contributed by atoms with van der Waals surface area (Å²) < 4.78 is 15.5. The predicted octanol–water partition coefficient (Wildman–Crippen LogP) is 4.31. The molecule has 1 saturated heterocycles. The lowest BCUT2D eigenvalue weighted by atomic mass is 9.85. The fourth-order valence-corrected chi connectivity index (χ4v) is 5.66. The van der Waals surface area contributed by atoms with Crippen LogP contribution in [-0.4, -0.2) is 46.4 Å². The van der Waals surface area contributed by atoms with Crippen molar-refractivity contribution in [2.24, 2.45) is 10.9 Å². The van der Waals surface area contributed by atoms with E-state index in [4.69, 9.17) is 0 Å². The smallest absolute Gasteiger partial charge is 0.280 e. The molecule has 0 spiro atoms. The van der Waals surface area contributed by atoms with Gasteiger partial charge in [0, 0.05) is 31.1 Å². The summed E-state index contributed by atoms with van der Waals surface area (Å²) in [5.74, 6) is -0.685. The van der Waals surface area contributed by atoms with E-state index in [2.05, 4.69) is 43.0 Å². The second-order valence-electron chi connectivity index (χ2n) is 10.1. The van der Waals surface area contributed by atoms with Crippen LogP contribution in [0.2, 0.25) is 0 Å². The number of rotatable bonds is 5. The van der Waals surface area contributed by atoms with Gasteiger partial charge >= 0.3 is 0 Å². The van der Waals surface area contributed by atoms with Crippen molar-refractivity contribution in [2.45, 2.75) is 57.5 Å². The highest BCUT2D eigenvalue weighted by molar-refractivity contribution is 5.94. The SMILES string of the molecule is CNC(=O)[C@H]1CC[C@@H](n2/c(=N/C(=O)c3ccc(F)cc3)[nH]c3ccc(CN4CCCCC4)cc32)CC1. The highest BCUT2D eigenvalue weighted by Gasteiger charge is 2.28. The average molecular weight is 492 g/mol. The third-order valence-electron chi connectivity index (χ3n) is 7.63. The van der Waals surface area contributed by atoms with E-state index in [1.807, 2.05) is 0 Å². The molecule has 0 radical (unpaired) electrons. The Balaban J connectivity index is 1.51. The first-order valence-corrected chi connectivity index (χ1v) is 13.0. The van der Waals surface area contributed by atoms with Gasteiger partial charge in [0.1, 0.15) is 5.82 Å². The molecule has 0 bridgehead atoms. The Morgan fingerprint density at radius 3 is 2.44 bits per heavy atom. The number of carbonyl (C=O) groups excluding carboxylic acids is 2. The van der Waals surface area contributed by atoms with Gasteiger partial charge in [0.15, 0.2) is 0 Å². The van der Waals surface area contributed by atoms with Gasteiger partial charge in [-0.1, -0.05) is 12.5 Å². The molecule has 2 N–H and O–H groups in total. The van der Waals surface area contributed by atoms with E-state index in [0.717, 1.165) is 56.4 Å². The molecule has 2 amide bonds. The Kier molecular flexibility index (Phi) is 7.32. The third kappa shape index (κ3) is 5.28. The summed E-state index contributed by atoms with van der Waals surface area (Å²) in [5.41, 5.74) is 4.04. The lowest BCUT2D eigenvalue weighted by Crippen LogP contribution is -2.33. The summed E-state index contributed by atoms with van der Waals surface area (Å²) in [6.45, 7) is 3.16. The summed E-state index contributed by atoms with van der Waals surface area (Å²) in [6, 6.07) is 12.0. The fourth-order valence-electron chi connectivity index (χ4n) is 5.66. The van der Waals surface area contributed by atoms with Crippen molar-refractivity contribution in [3.8, 4) is 0 Å². The Morgan fingerprint density at radius 1 is 1.03 bits per heavy atom. The summed E-state index contributed by atoms with van der Waals surface area (Å²) in [4.78, 5) is 35.4. The van der Waals surface area contributed by atoms with Gasteiger partial charge in [-0.15, -0.1) is 0 Å². The molecule has 2 aliphatic rings. The molecular weight excluding hydrogens is 457 g/mol. The van der Waals surface area contributed by atoms with Gasteiger partial charge in [-0.3, -0.25) is 14.5 Å². The van der Waals surface area contributed by atoms with E-state index in [-0.39, 0.29) is 23.7 Å². The molecule has 36 heavy (non-hydrogen) atoms. The van der Waals surface area contributed by atoms with Crippen LogP contribution in [0, 0.1) is 11.7 Å². The summed E-state index contributed by atoms with van der Waals surface area (Å²) in [5, 5.41) is 2.77. The number of amides is 2. The number of nitrogens with zero attached hydrogens (tertiary/aromatic N) is 3. The van der Waals surface area contributed by atoms with Crippen LogP contribution in [0.4, 0.5) is 4.39 Å². The highest BCUT2D eigenvalue weighted by atomic mass is 19.1. The number of aromatic amines is 1. The number of halogens is 1. The Labute approximate surface area is 210 Å². The molecule has 2 aromatic carbocycles. The second-order valence-corrected chi connectivity index (χ2v) is 10.1. The lowest BCUT2D eigenvalue weighted by Gasteiger charge is -2.29. The Morgan fingerprint density at radius 2 is 1.75 bits per heavy atom. The minimum Gasteiger partial charge on any atom is -0.359 e. The zero-order valence-corrected chi connectivity index (χ0v) is 20.8. The number of benzene rings is 2. The second kappa shape index (κ2) is 10.8. The molecule has 7 nitrogen and oxygen atoms in total. The number of carbonyl (C=O) groups is 2. The van der Waals surface area contributed by atoms with Crippen molar-refractivity contribution >= 4 is 22.8 Å². The van der Waals surface area contributed by atoms with Gasteiger partial charge in [-0.05, 0) is 93.6 Å². The van der Waals surface area contributed by atoms with Gasteiger partial charge in [0.2, 0.25) is 11.5 Å². The van der Waals surface area contributed by atoms with Crippen molar-refractivity contribution < 1.29 is 14.0 Å². The quantitative estimate of drug-likeness (QED) is 0.558. The number of hydrogen-bond acceptors (Lipinski definition) is 3. The molecule has 1 aromatic heterocycles. The molecule has 0 atom stereocenters. The number of likely N-dealkylation sites (tertiary alicyclic amines) is 1. The van der Waals surface area contributed by atoms with E-state index in [1.165, 1.54) is 49.1 Å². The van der Waals surface area contributed by atoms with Gasteiger partial charge in [-0.25, -0.2) is 4.39 Å². The predicted molar refractivity (Wildman–Crippen MR) is 137 cm³/mol. The van der Waals surface area contributed by atoms with Crippen LogP contribution in [0.15, 0.2) is 47.5 Å². The monoisotopic (exact) mass is 491 g/mol. The molecule has 0 unspecified atom stereocenters. The first-order chi connectivity index (χ1) is 17.5. The van der Waals surface area contributed by atoms with Crippen LogP contribution >= 0.6 is 0 Å². The van der Waals surface area contributed by atoms with Crippen LogP contribution in [-0.2, 0) is 11.3 Å². The zero-order valence-electron chi connectivity index (χ0n) is 20.8. The number of fused-ring (bicyclic) bond motifs is 1. The topological polar surface area (TPSA) is 82.5 Å². The molecule has 8 heteroatoms. The molecule has 5 rings (SSSR count). The maximum atomic E-state index is 13.4. The maximum Gasteiger partial charge on any atom is 0.280 e. The average Bonchev–Trinajstić information content (AvgIpc) is 3.26. The minimum absolute atomic E-state index is 0.0213. The Bertz CT molecular complexity index is 1300. The molecule has 3 aromatic rings. The molecular formula is C28H34FN5O2. The van der Waals surface area contributed by atoms with Gasteiger partial charge < -0.3 is 14.9 Å². The first-order valence-electron chi connectivity index (χ1n) is 13.0. The maximum absolute atomic E-state index is 13.4. The van der Waals surface area contributed by atoms with Crippen LogP contribution in [0.3, 0.4) is 0 Å². The largest absolute Gasteiger partial charge is 0.359 e. The Hall–Kier alpha value is -3.26. The van der Waals surface area contributed by atoms with Crippen molar-refractivity contribution in [1.29, 1.82) is 0 Å². The van der Waals surface area contributed by atoms with Gasteiger partial charge in [0.25, 0.3) is 5.91 Å². The molecule has 1 aliphatic carbocycles.